The van der Waals surface area contributed by atoms with Gasteiger partial charge in [0.05, 0.1) is 12.6 Å². The zero-order valence-corrected chi connectivity index (χ0v) is 14.7. The highest BCUT2D eigenvalue weighted by Crippen LogP contribution is 2.16. The van der Waals surface area contributed by atoms with E-state index in [1.54, 1.807) is 31.0 Å². The quantitative estimate of drug-likeness (QED) is 0.655. The second kappa shape index (κ2) is 9.17. The summed E-state index contributed by atoms with van der Waals surface area (Å²) in [6.07, 6.45) is 1.75. The number of hydrogen-bond donors (Lipinski definition) is 3. The number of nitrogens with one attached hydrogen (secondary N) is 3. The van der Waals surface area contributed by atoms with Crippen molar-refractivity contribution in [3.05, 3.63) is 35.9 Å². The molecule has 0 radical (unpaired) electrons. The molecular weight excluding hydrogens is 320 g/mol. The smallest absolute Gasteiger partial charge is 0.251 e. The number of likely N-dealkylation sites (tertiary alicyclic amines) is 1. The Balaban J connectivity index is 1.82. The van der Waals surface area contributed by atoms with E-state index in [1.807, 2.05) is 18.2 Å². The first-order valence-corrected chi connectivity index (χ1v) is 8.60. The maximum Gasteiger partial charge on any atom is 0.251 e. The Kier molecular flexibility index (Phi) is 6.94. The van der Waals surface area contributed by atoms with Gasteiger partial charge in [0.1, 0.15) is 0 Å². The van der Waals surface area contributed by atoms with Crippen LogP contribution < -0.4 is 16.0 Å². The van der Waals surface area contributed by atoms with Crippen LogP contribution in [0.2, 0.25) is 0 Å². The van der Waals surface area contributed by atoms with E-state index in [-0.39, 0.29) is 36.3 Å². The zero-order chi connectivity index (χ0) is 18.2. The number of rotatable bonds is 7. The van der Waals surface area contributed by atoms with Gasteiger partial charge >= 0.3 is 0 Å². The highest BCUT2D eigenvalue weighted by molar-refractivity contribution is 5.94. The van der Waals surface area contributed by atoms with E-state index in [0.29, 0.717) is 18.7 Å². The molecular formula is C18H26N4O3. The summed E-state index contributed by atoms with van der Waals surface area (Å²) in [5.41, 5.74) is 0.603. The standard InChI is InChI=1S/C18H26N4O3/c1-13(19-2)17(24)21-12-16(23)22-10-6-9-15(22)11-20-18(25)14-7-4-3-5-8-14/h3-5,7-8,13,15,19H,6,9-12H2,1-2H3,(H,20,25)(H,21,24)/t13-,15-/m0/s1. The van der Waals surface area contributed by atoms with Gasteiger partial charge in [-0.05, 0) is 38.9 Å². The lowest BCUT2D eigenvalue weighted by Crippen LogP contribution is -2.49. The summed E-state index contributed by atoms with van der Waals surface area (Å²) in [4.78, 5) is 38.0. The molecule has 1 aliphatic rings. The number of benzene rings is 1. The summed E-state index contributed by atoms with van der Waals surface area (Å²) in [6.45, 7) is 2.79. The van der Waals surface area contributed by atoms with Crippen LogP contribution in [0.5, 0.6) is 0 Å². The van der Waals surface area contributed by atoms with Crippen LogP contribution in [0.3, 0.4) is 0 Å². The van der Waals surface area contributed by atoms with Gasteiger partial charge in [-0.25, -0.2) is 0 Å². The van der Waals surface area contributed by atoms with Crippen molar-refractivity contribution >= 4 is 17.7 Å². The highest BCUT2D eigenvalue weighted by atomic mass is 16.2. The van der Waals surface area contributed by atoms with E-state index in [4.69, 9.17) is 0 Å². The molecule has 0 aliphatic carbocycles. The van der Waals surface area contributed by atoms with Gasteiger partial charge in [-0.3, -0.25) is 14.4 Å². The van der Waals surface area contributed by atoms with Crippen molar-refractivity contribution in [3.63, 3.8) is 0 Å². The number of likely N-dealkylation sites (N-methyl/N-ethyl adjacent to an activating group) is 1. The largest absolute Gasteiger partial charge is 0.350 e. The van der Waals surface area contributed by atoms with Crippen LogP contribution in [-0.4, -0.2) is 61.4 Å². The maximum atomic E-state index is 12.4. The Morgan fingerprint density at radius 1 is 1.20 bits per heavy atom. The van der Waals surface area contributed by atoms with Gasteiger partial charge in [0.25, 0.3) is 5.91 Å². The topological polar surface area (TPSA) is 90.5 Å². The fourth-order valence-electron chi connectivity index (χ4n) is 2.83. The third-order valence-electron chi connectivity index (χ3n) is 4.47. The van der Waals surface area contributed by atoms with Crippen LogP contribution in [0.15, 0.2) is 30.3 Å². The van der Waals surface area contributed by atoms with E-state index in [0.717, 1.165) is 12.8 Å². The van der Waals surface area contributed by atoms with Crippen LogP contribution in [0.25, 0.3) is 0 Å². The van der Waals surface area contributed by atoms with Gasteiger partial charge < -0.3 is 20.9 Å². The molecule has 0 bridgehead atoms. The molecule has 7 nitrogen and oxygen atoms in total. The summed E-state index contributed by atoms with van der Waals surface area (Å²) < 4.78 is 0. The van der Waals surface area contributed by atoms with Crippen molar-refractivity contribution in [1.82, 2.24) is 20.9 Å². The normalized spacial score (nSPS) is 17.8. The Morgan fingerprint density at radius 2 is 1.92 bits per heavy atom. The zero-order valence-electron chi connectivity index (χ0n) is 14.7. The molecule has 1 heterocycles. The maximum absolute atomic E-state index is 12.4. The first-order chi connectivity index (χ1) is 12.0. The van der Waals surface area contributed by atoms with Gasteiger partial charge in [0.2, 0.25) is 11.8 Å². The van der Waals surface area contributed by atoms with Crippen molar-refractivity contribution < 1.29 is 14.4 Å². The molecule has 7 heteroatoms. The number of nitrogens with zero attached hydrogens (tertiary/aromatic N) is 1. The molecule has 1 fully saturated rings. The molecule has 0 spiro atoms. The molecule has 1 aliphatic heterocycles. The van der Waals surface area contributed by atoms with Crippen LogP contribution in [-0.2, 0) is 9.59 Å². The molecule has 2 atom stereocenters. The Morgan fingerprint density at radius 3 is 2.60 bits per heavy atom. The van der Waals surface area contributed by atoms with Crippen LogP contribution >= 0.6 is 0 Å². The van der Waals surface area contributed by atoms with Crippen LogP contribution in [0.4, 0.5) is 0 Å². The number of amides is 3. The molecule has 3 N–H and O–H groups in total. The van der Waals surface area contributed by atoms with Crippen molar-refractivity contribution in [1.29, 1.82) is 0 Å². The molecule has 1 saturated heterocycles. The van der Waals surface area contributed by atoms with Gasteiger partial charge in [-0.2, -0.15) is 0 Å². The van der Waals surface area contributed by atoms with Gasteiger partial charge in [-0.15, -0.1) is 0 Å². The number of hydrogen-bond acceptors (Lipinski definition) is 4. The average molecular weight is 346 g/mol. The van der Waals surface area contributed by atoms with Gasteiger partial charge in [-0.1, -0.05) is 18.2 Å². The Labute approximate surface area is 148 Å². The second-order valence-electron chi connectivity index (χ2n) is 6.19. The third-order valence-corrected chi connectivity index (χ3v) is 4.47. The molecule has 136 valence electrons. The summed E-state index contributed by atoms with van der Waals surface area (Å²) in [6, 6.07) is 8.63. The lowest BCUT2D eigenvalue weighted by Gasteiger charge is -2.25. The monoisotopic (exact) mass is 346 g/mol. The van der Waals surface area contributed by atoms with Gasteiger partial charge in [0.15, 0.2) is 0 Å². The minimum Gasteiger partial charge on any atom is -0.350 e. The van der Waals surface area contributed by atoms with Crippen molar-refractivity contribution in [3.8, 4) is 0 Å². The molecule has 0 aromatic heterocycles. The summed E-state index contributed by atoms with van der Waals surface area (Å²) in [5.74, 6) is -0.465. The number of carbonyl (C=O) groups excluding carboxylic acids is 3. The van der Waals surface area contributed by atoms with Crippen molar-refractivity contribution in [2.75, 3.05) is 26.7 Å². The minimum absolute atomic E-state index is 0.0199. The fraction of sp³-hybridized carbons (Fsp3) is 0.500. The molecule has 25 heavy (non-hydrogen) atoms. The van der Waals surface area contributed by atoms with E-state index in [2.05, 4.69) is 16.0 Å². The lowest BCUT2D eigenvalue weighted by atomic mass is 10.2. The van der Waals surface area contributed by atoms with Crippen LogP contribution in [0, 0.1) is 0 Å². The molecule has 0 saturated carbocycles. The summed E-state index contributed by atoms with van der Waals surface area (Å²) >= 11 is 0. The Hall–Kier alpha value is -2.41. The van der Waals surface area contributed by atoms with E-state index >= 15 is 0 Å². The lowest BCUT2D eigenvalue weighted by molar-refractivity contribution is -0.133. The number of carbonyl (C=O) groups is 3. The summed E-state index contributed by atoms with van der Waals surface area (Å²) in [7, 11) is 1.69. The predicted molar refractivity (Wildman–Crippen MR) is 95.0 cm³/mol. The summed E-state index contributed by atoms with van der Waals surface area (Å²) in [5, 5.41) is 8.36. The predicted octanol–water partition coefficient (Wildman–Crippen LogP) is 0.132. The molecule has 1 aromatic carbocycles. The molecule has 2 rings (SSSR count). The molecule has 1 aromatic rings. The second-order valence-corrected chi connectivity index (χ2v) is 6.19. The van der Waals surface area contributed by atoms with E-state index in [1.165, 1.54) is 0 Å². The molecule has 3 amide bonds. The minimum atomic E-state index is -0.340. The van der Waals surface area contributed by atoms with E-state index in [9.17, 15) is 14.4 Å². The van der Waals surface area contributed by atoms with E-state index < -0.39 is 0 Å². The fourth-order valence-corrected chi connectivity index (χ4v) is 2.83. The van der Waals surface area contributed by atoms with Crippen molar-refractivity contribution in [2.45, 2.75) is 31.8 Å². The van der Waals surface area contributed by atoms with Crippen LogP contribution in [0.1, 0.15) is 30.1 Å². The first kappa shape index (κ1) is 18.9. The Bertz CT molecular complexity index is 606. The molecule has 0 unspecified atom stereocenters. The SMILES string of the molecule is CN[C@@H](C)C(=O)NCC(=O)N1CCC[C@H]1CNC(=O)c1ccccc1. The third kappa shape index (κ3) is 5.29. The van der Waals surface area contributed by atoms with Gasteiger partial charge in [0, 0.05) is 24.7 Å². The first-order valence-electron chi connectivity index (χ1n) is 8.60. The highest BCUT2D eigenvalue weighted by Gasteiger charge is 2.29. The average Bonchev–Trinajstić information content (AvgIpc) is 3.12. The van der Waals surface area contributed by atoms with Crippen molar-refractivity contribution in [2.24, 2.45) is 0 Å².